The number of benzene rings is 1. The van der Waals surface area contributed by atoms with Crippen LogP contribution >= 0.6 is 0 Å². The molecule has 0 bridgehead atoms. The van der Waals surface area contributed by atoms with Crippen LogP contribution in [0.25, 0.3) is 0 Å². The summed E-state index contributed by atoms with van der Waals surface area (Å²) < 4.78 is 5.16. The molecule has 2 rings (SSSR count). The quantitative estimate of drug-likeness (QED) is 0.501. The molecule has 7 nitrogen and oxygen atoms in total. The Hall–Kier alpha value is -2.32. The largest absolute Gasteiger partial charge is 0.453 e. The van der Waals surface area contributed by atoms with E-state index < -0.39 is 19.3 Å². The molecule has 1 fully saturated rings. The van der Waals surface area contributed by atoms with Crippen LogP contribution in [0.5, 0.6) is 0 Å². The highest BCUT2D eigenvalue weighted by Crippen LogP contribution is 2.19. The first-order chi connectivity index (χ1) is 11.5. The highest BCUT2D eigenvalue weighted by atomic mass is 16.5. The Kier molecular flexibility index (Phi) is 6.40. The van der Waals surface area contributed by atoms with Crippen LogP contribution in [0.3, 0.4) is 0 Å². The van der Waals surface area contributed by atoms with Gasteiger partial charge in [-0.2, -0.15) is 0 Å². The van der Waals surface area contributed by atoms with Crippen LogP contribution in [-0.4, -0.2) is 53.8 Å². The molecule has 2 amide bonds. The molecular weight excluding hydrogens is 311 g/mol. The van der Waals surface area contributed by atoms with Gasteiger partial charge in [0.15, 0.2) is 0 Å². The fourth-order valence-electron chi connectivity index (χ4n) is 2.54. The normalized spacial score (nSPS) is 15.2. The van der Waals surface area contributed by atoms with Crippen molar-refractivity contribution >= 4 is 19.1 Å². The van der Waals surface area contributed by atoms with Crippen molar-refractivity contribution < 1.29 is 24.4 Å². The predicted molar refractivity (Wildman–Crippen MR) is 88.9 cm³/mol. The molecule has 128 valence electrons. The minimum Gasteiger partial charge on any atom is -0.449 e. The minimum atomic E-state index is -1.54. The standard InChI is InChI=1S/C16H21BN2O5/c1-2-15(20)19-9-12(10-19)11-24-16(21)18-14(8-17(22)23)13-6-4-3-5-7-13/h2-7,12,14,22-23H,1,8-11H2,(H,18,21)/t14-/m1/s1. The minimum absolute atomic E-state index is 0.0375. The van der Waals surface area contributed by atoms with E-state index in [4.69, 9.17) is 4.74 Å². The maximum Gasteiger partial charge on any atom is 0.453 e. The first kappa shape index (κ1) is 18.0. The Morgan fingerprint density at radius 2 is 2.04 bits per heavy atom. The molecule has 0 saturated carbocycles. The number of carbonyl (C=O) groups is 2. The topological polar surface area (TPSA) is 99.1 Å². The van der Waals surface area contributed by atoms with Gasteiger partial charge in [0.25, 0.3) is 0 Å². The zero-order chi connectivity index (χ0) is 17.5. The lowest BCUT2D eigenvalue weighted by atomic mass is 9.79. The maximum absolute atomic E-state index is 11.9. The summed E-state index contributed by atoms with van der Waals surface area (Å²) in [5, 5.41) is 21.0. The summed E-state index contributed by atoms with van der Waals surface area (Å²) >= 11 is 0. The second kappa shape index (κ2) is 8.51. The van der Waals surface area contributed by atoms with Gasteiger partial charge in [0.2, 0.25) is 5.91 Å². The van der Waals surface area contributed by atoms with Crippen molar-refractivity contribution in [3.05, 3.63) is 48.6 Å². The van der Waals surface area contributed by atoms with Crippen molar-refractivity contribution in [1.82, 2.24) is 10.2 Å². The van der Waals surface area contributed by atoms with Gasteiger partial charge in [-0.3, -0.25) is 4.79 Å². The lowest BCUT2D eigenvalue weighted by Gasteiger charge is -2.38. The number of nitrogens with one attached hydrogen (secondary N) is 1. The third-order valence-corrected chi connectivity index (χ3v) is 3.83. The predicted octanol–water partition coefficient (Wildman–Crippen LogP) is 0.571. The van der Waals surface area contributed by atoms with Gasteiger partial charge in [-0.05, 0) is 11.6 Å². The zero-order valence-corrected chi connectivity index (χ0v) is 13.3. The zero-order valence-electron chi connectivity index (χ0n) is 13.3. The van der Waals surface area contributed by atoms with E-state index in [2.05, 4.69) is 11.9 Å². The maximum atomic E-state index is 11.9. The van der Waals surface area contributed by atoms with E-state index in [1.807, 2.05) is 6.07 Å². The van der Waals surface area contributed by atoms with Crippen molar-refractivity contribution in [2.24, 2.45) is 5.92 Å². The molecule has 1 aromatic rings. The summed E-state index contributed by atoms with van der Waals surface area (Å²) in [7, 11) is -1.54. The monoisotopic (exact) mass is 332 g/mol. The number of hydrogen-bond acceptors (Lipinski definition) is 5. The number of rotatable bonds is 7. The molecule has 0 radical (unpaired) electrons. The van der Waals surface area contributed by atoms with Crippen LogP contribution < -0.4 is 5.32 Å². The summed E-state index contributed by atoms with van der Waals surface area (Å²) in [6.45, 7) is 4.70. The fraction of sp³-hybridized carbons (Fsp3) is 0.375. The number of ether oxygens (including phenoxy) is 1. The van der Waals surface area contributed by atoms with Gasteiger partial charge < -0.3 is 25.0 Å². The van der Waals surface area contributed by atoms with E-state index >= 15 is 0 Å². The molecule has 0 unspecified atom stereocenters. The van der Waals surface area contributed by atoms with Gasteiger partial charge in [0.05, 0.1) is 12.6 Å². The Labute approximate surface area is 141 Å². The summed E-state index contributed by atoms with van der Waals surface area (Å²) in [5.41, 5.74) is 0.758. The van der Waals surface area contributed by atoms with Crippen molar-refractivity contribution in [3.63, 3.8) is 0 Å². The first-order valence-corrected chi connectivity index (χ1v) is 7.75. The van der Waals surface area contributed by atoms with E-state index in [1.54, 1.807) is 29.2 Å². The second-order valence-electron chi connectivity index (χ2n) is 5.74. The number of alkyl carbamates (subject to hydrolysis) is 1. The number of nitrogens with zero attached hydrogens (tertiary/aromatic N) is 1. The average Bonchev–Trinajstić information content (AvgIpc) is 2.52. The molecule has 0 aliphatic carbocycles. The van der Waals surface area contributed by atoms with Crippen molar-refractivity contribution in [3.8, 4) is 0 Å². The Morgan fingerprint density at radius 1 is 1.38 bits per heavy atom. The molecule has 0 aromatic heterocycles. The molecule has 1 heterocycles. The van der Waals surface area contributed by atoms with E-state index in [-0.39, 0.29) is 24.8 Å². The van der Waals surface area contributed by atoms with Gasteiger partial charge in [0.1, 0.15) is 0 Å². The lowest BCUT2D eigenvalue weighted by Crippen LogP contribution is -2.51. The van der Waals surface area contributed by atoms with Crippen LogP contribution in [0.15, 0.2) is 43.0 Å². The van der Waals surface area contributed by atoms with Crippen molar-refractivity contribution in [1.29, 1.82) is 0 Å². The van der Waals surface area contributed by atoms with E-state index in [0.717, 1.165) is 5.56 Å². The van der Waals surface area contributed by atoms with Gasteiger partial charge in [-0.25, -0.2) is 4.79 Å². The molecule has 1 saturated heterocycles. The molecule has 24 heavy (non-hydrogen) atoms. The average molecular weight is 332 g/mol. The van der Waals surface area contributed by atoms with Gasteiger partial charge in [-0.15, -0.1) is 0 Å². The Bertz CT molecular complexity index is 575. The molecular formula is C16H21BN2O5. The summed E-state index contributed by atoms with van der Waals surface area (Å²) in [5.74, 6) is -0.0185. The molecule has 1 aliphatic heterocycles. The lowest BCUT2D eigenvalue weighted by molar-refractivity contribution is -0.132. The van der Waals surface area contributed by atoms with Gasteiger partial charge >= 0.3 is 13.2 Å². The molecule has 1 aromatic carbocycles. The summed E-state index contributed by atoms with van der Waals surface area (Å²) in [6, 6.07) is 8.47. The third-order valence-electron chi connectivity index (χ3n) is 3.83. The Morgan fingerprint density at radius 3 is 2.62 bits per heavy atom. The molecule has 1 aliphatic rings. The number of hydrogen-bond donors (Lipinski definition) is 3. The number of likely N-dealkylation sites (tertiary alicyclic amines) is 1. The van der Waals surface area contributed by atoms with Crippen LogP contribution in [0.4, 0.5) is 4.79 Å². The SMILES string of the molecule is C=CC(=O)N1CC(COC(=O)N[C@H](CB(O)O)c2ccccc2)C1. The first-order valence-electron chi connectivity index (χ1n) is 7.75. The molecule has 1 atom stereocenters. The number of amides is 2. The van der Waals surface area contributed by atoms with Crippen LogP contribution in [0.2, 0.25) is 6.32 Å². The van der Waals surface area contributed by atoms with Crippen LogP contribution in [-0.2, 0) is 9.53 Å². The Balaban J connectivity index is 1.79. The molecule has 0 spiro atoms. The van der Waals surface area contributed by atoms with Crippen LogP contribution in [0, 0.1) is 5.92 Å². The van der Waals surface area contributed by atoms with Crippen molar-refractivity contribution in [2.45, 2.75) is 12.4 Å². The molecule has 3 N–H and O–H groups in total. The third kappa shape index (κ3) is 5.11. The second-order valence-corrected chi connectivity index (χ2v) is 5.74. The fourth-order valence-corrected chi connectivity index (χ4v) is 2.54. The number of carbonyl (C=O) groups excluding carboxylic acids is 2. The van der Waals surface area contributed by atoms with E-state index in [1.165, 1.54) is 6.08 Å². The van der Waals surface area contributed by atoms with Gasteiger partial charge in [-0.1, -0.05) is 36.9 Å². The highest BCUT2D eigenvalue weighted by Gasteiger charge is 2.30. The smallest absolute Gasteiger partial charge is 0.449 e. The van der Waals surface area contributed by atoms with Crippen molar-refractivity contribution in [2.75, 3.05) is 19.7 Å². The highest BCUT2D eigenvalue weighted by molar-refractivity contribution is 6.41. The summed E-state index contributed by atoms with van der Waals surface area (Å²) in [4.78, 5) is 24.9. The van der Waals surface area contributed by atoms with E-state index in [9.17, 15) is 19.6 Å². The summed E-state index contributed by atoms with van der Waals surface area (Å²) in [6.07, 6.45) is 0.594. The molecule has 8 heteroatoms. The van der Waals surface area contributed by atoms with Gasteiger partial charge in [0, 0.05) is 25.3 Å². The van der Waals surface area contributed by atoms with E-state index in [0.29, 0.717) is 13.1 Å². The van der Waals surface area contributed by atoms with Crippen LogP contribution in [0.1, 0.15) is 11.6 Å².